The monoisotopic (exact) mass is 697 g/mol. The molecule has 7 rings (SSSR count). The first-order valence-corrected chi connectivity index (χ1v) is 18.6. The Bertz CT molecular complexity index is 2110. The number of esters is 1. The Hall–Kier alpha value is -4.34. The van der Waals surface area contributed by atoms with E-state index in [1.165, 1.54) is 22.2 Å². The van der Waals surface area contributed by atoms with Crippen LogP contribution in [0.15, 0.2) is 102 Å². The van der Waals surface area contributed by atoms with Crippen LogP contribution in [0.3, 0.4) is 0 Å². The third-order valence-electron chi connectivity index (χ3n) is 10.6. The number of nitrogens with zero attached hydrogens (tertiary/aromatic N) is 2. The first-order valence-electron chi connectivity index (χ1n) is 16.8. The summed E-state index contributed by atoms with van der Waals surface area (Å²) in [5.74, 6) is 0.774. The largest absolute Gasteiger partial charge is 0.493 e. The molecule has 1 N–H and O–H groups in total. The number of carbonyl (C=O) groups is 1. The van der Waals surface area contributed by atoms with Gasteiger partial charge >= 0.3 is 5.97 Å². The smallest absolute Gasteiger partial charge is 0.331 e. The number of ether oxygens (including phenoxy) is 2. The molecule has 1 saturated carbocycles. The van der Waals surface area contributed by atoms with Gasteiger partial charge in [0.05, 0.1) is 24.0 Å². The average Bonchev–Trinajstić information content (AvgIpc) is 3.63. The van der Waals surface area contributed by atoms with E-state index in [0.717, 1.165) is 43.4 Å². The van der Waals surface area contributed by atoms with Crippen LogP contribution in [0.5, 0.6) is 5.75 Å². The molecule has 0 saturated heterocycles. The van der Waals surface area contributed by atoms with Gasteiger partial charge in [0.25, 0.3) is 10.0 Å². The van der Waals surface area contributed by atoms with Gasteiger partial charge in [0.1, 0.15) is 11.3 Å². The molecule has 3 aromatic carbocycles. The molecule has 1 atom stereocenters. The van der Waals surface area contributed by atoms with Gasteiger partial charge in [0, 0.05) is 23.1 Å². The number of anilines is 1. The number of pyridine rings is 1. The molecular weight excluding hydrogens is 658 g/mol. The van der Waals surface area contributed by atoms with E-state index < -0.39 is 15.6 Å². The van der Waals surface area contributed by atoms with Gasteiger partial charge in [-0.3, -0.25) is 0 Å². The Kier molecular flexibility index (Phi) is 8.92. The summed E-state index contributed by atoms with van der Waals surface area (Å²) < 4.78 is 39.9. The molecule has 2 aliphatic carbocycles. The summed E-state index contributed by atoms with van der Waals surface area (Å²) in [6, 6.07) is 26.4. The van der Waals surface area contributed by atoms with Crippen molar-refractivity contribution in [2.24, 2.45) is 5.92 Å². The van der Waals surface area contributed by atoms with E-state index in [9.17, 15) is 13.2 Å². The lowest BCUT2D eigenvalue weighted by Gasteiger charge is -2.47. The second-order valence-corrected chi connectivity index (χ2v) is 15.6. The predicted octanol–water partition coefficient (Wildman–Crippen LogP) is 8.10. The molecule has 49 heavy (non-hydrogen) atoms. The van der Waals surface area contributed by atoms with E-state index in [2.05, 4.69) is 34.6 Å². The number of halogens is 1. The molecule has 0 bridgehead atoms. The van der Waals surface area contributed by atoms with Gasteiger partial charge in [-0.15, -0.1) is 0 Å². The van der Waals surface area contributed by atoms with Crippen molar-refractivity contribution in [2.75, 3.05) is 19.0 Å². The minimum atomic E-state index is -3.82. The molecule has 8 nitrogen and oxygen atoms in total. The highest BCUT2D eigenvalue weighted by molar-refractivity contribution is 7.90. The van der Waals surface area contributed by atoms with Crippen LogP contribution in [0.1, 0.15) is 55.2 Å². The number of aryl methyl sites for hydroxylation is 1. The van der Waals surface area contributed by atoms with Crippen molar-refractivity contribution < 1.29 is 22.7 Å². The Morgan fingerprint density at radius 2 is 1.76 bits per heavy atom. The molecule has 0 aliphatic heterocycles. The number of nitrogens with one attached hydrogen (secondary N) is 1. The van der Waals surface area contributed by atoms with E-state index in [1.807, 2.05) is 37.3 Å². The Labute approximate surface area is 292 Å². The van der Waals surface area contributed by atoms with Crippen LogP contribution in [0.4, 0.5) is 5.69 Å². The number of fused-ring (bicyclic) bond motifs is 3. The number of methoxy groups -OCH3 is 1. The molecule has 1 fully saturated rings. The van der Waals surface area contributed by atoms with Crippen LogP contribution in [0, 0.1) is 12.8 Å². The first-order chi connectivity index (χ1) is 23.7. The van der Waals surface area contributed by atoms with Gasteiger partial charge in [-0.05, 0) is 116 Å². The number of hydrogen-bond acceptors (Lipinski definition) is 7. The zero-order valence-corrected chi connectivity index (χ0v) is 29.3. The van der Waals surface area contributed by atoms with Gasteiger partial charge in [0.15, 0.2) is 5.65 Å². The van der Waals surface area contributed by atoms with E-state index in [1.54, 1.807) is 42.7 Å². The number of rotatable bonds is 10. The van der Waals surface area contributed by atoms with Crippen LogP contribution in [-0.4, -0.2) is 42.6 Å². The number of benzene rings is 3. The minimum Gasteiger partial charge on any atom is -0.493 e. The fourth-order valence-corrected chi connectivity index (χ4v) is 9.84. The summed E-state index contributed by atoms with van der Waals surface area (Å²) in [5.41, 5.74) is 3.85. The maximum atomic E-state index is 13.5. The highest BCUT2D eigenvalue weighted by atomic mass is 35.5. The fraction of sp³-hybridized carbons (Fsp3) is 0.333. The SMILES string of the molecule is COC(=O)C1(Nc2cccc(Cl)c2)CCC2(CC1)c1ccccc1CC2CCCOc1ccnc2c1c(C)cn2S(=O)(=O)c1ccccc1. The molecule has 0 amide bonds. The number of carbonyl (C=O) groups excluding carboxylic acids is 1. The zero-order valence-electron chi connectivity index (χ0n) is 27.7. The summed E-state index contributed by atoms with van der Waals surface area (Å²) in [7, 11) is -2.36. The molecule has 10 heteroatoms. The second kappa shape index (κ2) is 13.2. The highest BCUT2D eigenvalue weighted by Crippen LogP contribution is 2.56. The molecular formula is C39H40ClN3O5S. The Morgan fingerprint density at radius 1 is 1.00 bits per heavy atom. The third kappa shape index (κ3) is 5.97. The van der Waals surface area contributed by atoms with Crippen molar-refractivity contribution >= 4 is 44.3 Å². The highest BCUT2D eigenvalue weighted by Gasteiger charge is 2.54. The third-order valence-corrected chi connectivity index (χ3v) is 12.5. The van der Waals surface area contributed by atoms with Gasteiger partial charge in [0.2, 0.25) is 0 Å². The molecule has 1 spiro atoms. The molecule has 1 unspecified atom stereocenters. The van der Waals surface area contributed by atoms with Crippen molar-refractivity contribution in [2.45, 2.75) is 67.7 Å². The van der Waals surface area contributed by atoms with Crippen molar-refractivity contribution in [3.8, 4) is 5.75 Å². The van der Waals surface area contributed by atoms with Crippen molar-refractivity contribution in [3.05, 3.63) is 119 Å². The van der Waals surface area contributed by atoms with Crippen molar-refractivity contribution in [3.63, 3.8) is 0 Å². The van der Waals surface area contributed by atoms with Crippen molar-refractivity contribution in [1.29, 1.82) is 0 Å². The molecule has 254 valence electrons. The van der Waals surface area contributed by atoms with E-state index in [4.69, 9.17) is 21.1 Å². The topological polar surface area (TPSA) is 99.5 Å². The summed E-state index contributed by atoms with van der Waals surface area (Å²) in [5, 5.41) is 4.83. The Morgan fingerprint density at radius 3 is 2.51 bits per heavy atom. The molecule has 2 heterocycles. The lowest BCUT2D eigenvalue weighted by molar-refractivity contribution is -0.148. The van der Waals surface area contributed by atoms with Crippen molar-refractivity contribution in [1.82, 2.24) is 8.96 Å². The maximum Gasteiger partial charge on any atom is 0.331 e. The second-order valence-electron chi connectivity index (χ2n) is 13.3. The Balaban J connectivity index is 1.08. The first kappa shape index (κ1) is 33.2. The predicted molar refractivity (Wildman–Crippen MR) is 192 cm³/mol. The molecule has 2 aliphatic rings. The van der Waals surface area contributed by atoms with Gasteiger partial charge in [-0.1, -0.05) is 60.1 Å². The average molecular weight is 698 g/mol. The number of aromatic nitrogens is 2. The van der Waals surface area contributed by atoms with Crippen LogP contribution in [0.2, 0.25) is 5.02 Å². The van der Waals surface area contributed by atoms with E-state index in [0.29, 0.717) is 47.2 Å². The summed E-state index contributed by atoms with van der Waals surface area (Å²) >= 11 is 6.28. The summed E-state index contributed by atoms with van der Waals surface area (Å²) in [6.07, 6.45) is 8.98. The molecule has 5 aromatic rings. The van der Waals surface area contributed by atoms with E-state index >= 15 is 0 Å². The van der Waals surface area contributed by atoms with Crippen LogP contribution < -0.4 is 10.1 Å². The quantitative estimate of drug-likeness (QED) is 0.116. The zero-order chi connectivity index (χ0) is 34.2. The molecule has 2 aromatic heterocycles. The lowest BCUT2D eigenvalue weighted by atomic mass is 9.60. The fourth-order valence-electron chi connectivity index (χ4n) is 8.26. The van der Waals surface area contributed by atoms with Gasteiger partial charge < -0.3 is 14.8 Å². The van der Waals surface area contributed by atoms with Gasteiger partial charge in [-0.25, -0.2) is 22.2 Å². The normalized spacial score (nSPS) is 21.8. The number of hydrogen-bond donors (Lipinski definition) is 1. The maximum absolute atomic E-state index is 13.5. The minimum absolute atomic E-state index is 0.0479. The standard InChI is InChI=1S/C39H40ClN3O5S/c1-27-26-43(49(45,46)32-14-4-3-5-15-32)36-35(27)34(17-22-41-36)48-23-9-11-29-24-28-10-6-7-16-33(28)38(29)18-20-39(21-19-38,37(44)47-2)42-31-13-8-12-30(40)25-31/h3-8,10,12-17,22,25-26,29,42H,9,11,18-21,23-24H2,1-2H3. The summed E-state index contributed by atoms with van der Waals surface area (Å²) in [4.78, 5) is 18.0. The molecule has 0 radical (unpaired) electrons. The van der Waals surface area contributed by atoms with Crippen LogP contribution in [0.25, 0.3) is 11.0 Å². The van der Waals surface area contributed by atoms with Crippen LogP contribution >= 0.6 is 11.6 Å². The summed E-state index contributed by atoms with van der Waals surface area (Å²) in [6.45, 7) is 2.37. The van der Waals surface area contributed by atoms with Crippen LogP contribution in [-0.2, 0) is 31.4 Å². The lowest BCUT2D eigenvalue weighted by Crippen LogP contribution is -2.53. The van der Waals surface area contributed by atoms with Gasteiger partial charge in [-0.2, -0.15) is 0 Å². The van der Waals surface area contributed by atoms with E-state index in [-0.39, 0.29) is 16.3 Å².